The second kappa shape index (κ2) is 5.40. The highest BCUT2D eigenvalue weighted by molar-refractivity contribution is 5.96. The first-order valence-electron chi connectivity index (χ1n) is 5.04. The van der Waals surface area contributed by atoms with E-state index >= 15 is 0 Å². The monoisotopic (exact) mass is 238 g/mol. The van der Waals surface area contributed by atoms with Gasteiger partial charge in [0, 0.05) is 13.2 Å². The number of rotatable bonds is 4. The lowest BCUT2D eigenvalue weighted by Gasteiger charge is -2.11. The lowest BCUT2D eigenvalue weighted by atomic mass is 10.2. The summed E-state index contributed by atoms with van der Waals surface area (Å²) < 4.78 is 4.83. The quantitative estimate of drug-likeness (QED) is 0.641. The normalized spacial score (nSPS) is 11.9. The Morgan fingerprint density at radius 1 is 1.53 bits per heavy atom. The molecule has 0 heterocycles. The summed E-state index contributed by atoms with van der Waals surface area (Å²) in [6, 6.07) is 4.54. The van der Waals surface area contributed by atoms with E-state index in [0.717, 1.165) is 5.56 Å². The van der Waals surface area contributed by atoms with Crippen molar-refractivity contribution in [1.82, 2.24) is 0 Å². The zero-order valence-electron chi connectivity index (χ0n) is 9.89. The Balaban J connectivity index is 3.00. The molecule has 0 bridgehead atoms. The lowest BCUT2D eigenvalue weighted by Crippen LogP contribution is -2.26. The number of hydrogen-bond donors (Lipinski definition) is 1. The number of aryl methyl sites for hydroxylation is 1. The minimum absolute atomic E-state index is 0.132. The van der Waals surface area contributed by atoms with Gasteiger partial charge in [0.2, 0.25) is 0 Å². The third kappa shape index (κ3) is 3.25. The summed E-state index contributed by atoms with van der Waals surface area (Å²) in [5.74, 6) is -0.416. The highest BCUT2D eigenvalue weighted by Crippen LogP contribution is 2.25. The van der Waals surface area contributed by atoms with Gasteiger partial charge < -0.3 is 10.1 Å². The Kier molecular flexibility index (Phi) is 4.17. The average Bonchev–Trinajstić information content (AvgIpc) is 2.27. The van der Waals surface area contributed by atoms with Crippen molar-refractivity contribution in [2.24, 2.45) is 0 Å². The standard InChI is InChI=1S/C11H14N2O4/c1-7-4-5-10(13(15)16)9(6-7)12-11(14)8(2)17-3/h4-6,8H,1-3H3,(H,12,14). The number of carbonyl (C=O) groups excluding carboxylic acids is 1. The number of ether oxygens (including phenoxy) is 1. The van der Waals surface area contributed by atoms with Crippen LogP contribution in [-0.4, -0.2) is 24.0 Å². The second-order valence-electron chi connectivity index (χ2n) is 3.64. The van der Waals surface area contributed by atoms with E-state index in [1.54, 1.807) is 26.0 Å². The van der Waals surface area contributed by atoms with Crippen LogP contribution in [0.4, 0.5) is 11.4 Å². The molecule has 1 atom stereocenters. The molecule has 1 aromatic carbocycles. The molecule has 6 heteroatoms. The van der Waals surface area contributed by atoms with Crippen LogP contribution in [0.2, 0.25) is 0 Å². The predicted octanol–water partition coefficient (Wildman–Crippen LogP) is 1.88. The van der Waals surface area contributed by atoms with Gasteiger partial charge in [-0.05, 0) is 25.5 Å². The number of nitrogens with one attached hydrogen (secondary N) is 1. The first-order chi connectivity index (χ1) is 7.95. The summed E-state index contributed by atoms with van der Waals surface area (Å²) in [4.78, 5) is 21.8. The number of anilines is 1. The van der Waals surface area contributed by atoms with Crippen molar-refractivity contribution in [1.29, 1.82) is 0 Å². The molecule has 0 radical (unpaired) electrons. The zero-order valence-corrected chi connectivity index (χ0v) is 9.89. The van der Waals surface area contributed by atoms with Crippen molar-refractivity contribution in [2.75, 3.05) is 12.4 Å². The maximum absolute atomic E-state index is 11.6. The topological polar surface area (TPSA) is 81.5 Å². The van der Waals surface area contributed by atoms with E-state index in [9.17, 15) is 14.9 Å². The van der Waals surface area contributed by atoms with Crippen LogP contribution in [0.15, 0.2) is 18.2 Å². The Morgan fingerprint density at radius 3 is 2.71 bits per heavy atom. The molecule has 17 heavy (non-hydrogen) atoms. The van der Waals surface area contributed by atoms with Gasteiger partial charge in [-0.2, -0.15) is 0 Å². The summed E-state index contributed by atoms with van der Waals surface area (Å²) in [6.07, 6.45) is -0.657. The van der Waals surface area contributed by atoms with Crippen molar-refractivity contribution < 1.29 is 14.5 Å². The molecular weight excluding hydrogens is 224 g/mol. The molecule has 0 aliphatic carbocycles. The minimum Gasteiger partial charge on any atom is -0.372 e. The van der Waals surface area contributed by atoms with Gasteiger partial charge in [-0.3, -0.25) is 14.9 Å². The maximum atomic E-state index is 11.6. The lowest BCUT2D eigenvalue weighted by molar-refractivity contribution is -0.383. The molecule has 0 spiro atoms. The van der Waals surface area contributed by atoms with Crippen LogP contribution in [-0.2, 0) is 9.53 Å². The van der Waals surface area contributed by atoms with Gasteiger partial charge in [0.15, 0.2) is 0 Å². The van der Waals surface area contributed by atoms with Crippen molar-refractivity contribution in [3.05, 3.63) is 33.9 Å². The number of nitro benzene ring substituents is 1. The molecule has 6 nitrogen and oxygen atoms in total. The molecule has 0 saturated heterocycles. The van der Waals surface area contributed by atoms with Crippen molar-refractivity contribution >= 4 is 17.3 Å². The highest BCUT2D eigenvalue weighted by Gasteiger charge is 2.18. The predicted molar refractivity (Wildman–Crippen MR) is 62.9 cm³/mol. The number of nitrogens with zero attached hydrogens (tertiary/aromatic N) is 1. The van der Waals surface area contributed by atoms with E-state index in [2.05, 4.69) is 5.32 Å². The van der Waals surface area contributed by atoms with Gasteiger partial charge in [0.05, 0.1) is 4.92 Å². The van der Waals surface area contributed by atoms with Gasteiger partial charge in [-0.1, -0.05) is 6.07 Å². The molecule has 0 aromatic heterocycles. The third-order valence-electron chi connectivity index (χ3n) is 2.33. The van der Waals surface area contributed by atoms with Crippen LogP contribution in [0.1, 0.15) is 12.5 Å². The SMILES string of the molecule is COC(C)C(=O)Nc1cc(C)ccc1[N+](=O)[O-]. The van der Waals surface area contributed by atoms with E-state index in [0.29, 0.717) is 0 Å². The second-order valence-corrected chi connectivity index (χ2v) is 3.64. The van der Waals surface area contributed by atoms with E-state index in [-0.39, 0.29) is 11.4 Å². The molecule has 0 fully saturated rings. The number of nitro groups is 1. The summed E-state index contributed by atoms with van der Waals surface area (Å²) in [5, 5.41) is 13.3. The van der Waals surface area contributed by atoms with Gasteiger partial charge in [0.1, 0.15) is 11.8 Å². The fourth-order valence-electron chi connectivity index (χ4n) is 1.25. The molecule has 1 aromatic rings. The first-order valence-corrected chi connectivity index (χ1v) is 5.04. The Hall–Kier alpha value is -1.95. The number of hydrogen-bond acceptors (Lipinski definition) is 4. The average molecular weight is 238 g/mol. The Bertz CT molecular complexity index is 445. The Morgan fingerprint density at radius 2 is 2.18 bits per heavy atom. The number of methoxy groups -OCH3 is 1. The summed E-state index contributed by atoms with van der Waals surface area (Å²) in [7, 11) is 1.40. The van der Waals surface area contributed by atoms with Crippen LogP contribution >= 0.6 is 0 Å². The largest absolute Gasteiger partial charge is 0.372 e. The van der Waals surface area contributed by atoms with Crippen molar-refractivity contribution in [3.8, 4) is 0 Å². The van der Waals surface area contributed by atoms with Crippen LogP contribution < -0.4 is 5.32 Å². The molecule has 1 N–H and O–H groups in total. The molecular formula is C11H14N2O4. The number of benzene rings is 1. The third-order valence-corrected chi connectivity index (χ3v) is 2.33. The van der Waals surface area contributed by atoms with Crippen molar-refractivity contribution in [2.45, 2.75) is 20.0 Å². The minimum atomic E-state index is -0.657. The van der Waals surface area contributed by atoms with E-state index in [4.69, 9.17) is 4.74 Å². The van der Waals surface area contributed by atoms with Gasteiger partial charge >= 0.3 is 0 Å². The first kappa shape index (κ1) is 13.1. The van der Waals surface area contributed by atoms with Gasteiger partial charge in [-0.15, -0.1) is 0 Å². The molecule has 0 saturated carbocycles. The maximum Gasteiger partial charge on any atom is 0.292 e. The summed E-state index contributed by atoms with van der Waals surface area (Å²) in [5.41, 5.74) is 0.882. The highest BCUT2D eigenvalue weighted by atomic mass is 16.6. The smallest absolute Gasteiger partial charge is 0.292 e. The molecule has 1 rings (SSSR count). The molecule has 0 aliphatic rings. The van der Waals surface area contributed by atoms with Gasteiger partial charge in [-0.25, -0.2) is 0 Å². The summed E-state index contributed by atoms with van der Waals surface area (Å²) >= 11 is 0. The van der Waals surface area contributed by atoms with Crippen LogP contribution in [0.3, 0.4) is 0 Å². The molecule has 1 amide bonds. The number of amides is 1. The fourth-order valence-corrected chi connectivity index (χ4v) is 1.25. The van der Waals surface area contributed by atoms with E-state index < -0.39 is 16.9 Å². The molecule has 0 aliphatic heterocycles. The fraction of sp³-hybridized carbons (Fsp3) is 0.364. The van der Waals surface area contributed by atoms with Gasteiger partial charge in [0.25, 0.3) is 11.6 Å². The van der Waals surface area contributed by atoms with Crippen LogP contribution in [0, 0.1) is 17.0 Å². The van der Waals surface area contributed by atoms with E-state index in [1.165, 1.54) is 13.2 Å². The summed E-state index contributed by atoms with van der Waals surface area (Å²) in [6.45, 7) is 3.36. The Labute approximate surface area is 98.7 Å². The molecule has 92 valence electrons. The van der Waals surface area contributed by atoms with Crippen LogP contribution in [0.5, 0.6) is 0 Å². The van der Waals surface area contributed by atoms with Crippen LogP contribution in [0.25, 0.3) is 0 Å². The van der Waals surface area contributed by atoms with E-state index in [1.807, 2.05) is 0 Å². The molecule has 1 unspecified atom stereocenters. The van der Waals surface area contributed by atoms with Crippen molar-refractivity contribution in [3.63, 3.8) is 0 Å². The zero-order chi connectivity index (χ0) is 13.0. The number of carbonyl (C=O) groups is 1.